The number of aromatic nitrogens is 4. The Bertz CT molecular complexity index is 394. The Morgan fingerprint density at radius 2 is 2.27 bits per heavy atom. The molecule has 2 rings (SSSR count). The van der Waals surface area contributed by atoms with E-state index in [-0.39, 0.29) is 0 Å². The second kappa shape index (κ2) is 2.17. The minimum absolute atomic E-state index is 0.583. The molecule has 0 fully saturated rings. The average Bonchev–Trinajstić information content (AvgIpc) is 2.31. The van der Waals surface area contributed by atoms with Gasteiger partial charge in [-0.15, -0.1) is 5.10 Å². The van der Waals surface area contributed by atoms with Crippen LogP contribution in [-0.4, -0.2) is 20.0 Å². The van der Waals surface area contributed by atoms with Gasteiger partial charge in [0, 0.05) is 13.2 Å². The summed E-state index contributed by atoms with van der Waals surface area (Å²) in [4.78, 5) is 5.43. The number of aryl methyl sites for hydroxylation is 1. The van der Waals surface area contributed by atoms with Crippen LogP contribution in [0.3, 0.4) is 0 Å². The Balaban J connectivity index is 2.90. The van der Waals surface area contributed by atoms with Crippen molar-refractivity contribution in [1.82, 2.24) is 20.0 Å². The highest BCUT2D eigenvalue weighted by Crippen LogP contribution is 2.16. The molecule has 0 radical (unpaired) electrons. The van der Waals surface area contributed by atoms with Crippen molar-refractivity contribution >= 4 is 22.8 Å². The number of halogens is 1. The molecule has 5 heteroatoms. The molecule has 0 unspecified atom stereocenters. The summed E-state index contributed by atoms with van der Waals surface area (Å²) in [6.45, 7) is 0. The van der Waals surface area contributed by atoms with E-state index < -0.39 is 0 Å². The van der Waals surface area contributed by atoms with E-state index in [1.165, 1.54) is 4.80 Å². The van der Waals surface area contributed by atoms with Gasteiger partial charge in [0.1, 0.15) is 0 Å². The first-order valence-electron chi connectivity index (χ1n) is 3.09. The van der Waals surface area contributed by atoms with E-state index in [0.29, 0.717) is 16.2 Å². The fraction of sp³-hybridized carbons (Fsp3) is 0.167. The van der Waals surface area contributed by atoms with Gasteiger partial charge in [-0.3, -0.25) is 0 Å². The van der Waals surface area contributed by atoms with Crippen LogP contribution >= 0.6 is 11.6 Å². The highest BCUT2D eigenvalue weighted by atomic mass is 35.5. The van der Waals surface area contributed by atoms with Crippen LogP contribution in [0.25, 0.3) is 11.2 Å². The number of fused-ring (bicyclic) bond motifs is 1. The molecular formula is C6H5ClN4. The van der Waals surface area contributed by atoms with Crippen molar-refractivity contribution in [3.05, 3.63) is 17.3 Å². The number of pyridine rings is 1. The molecule has 0 saturated heterocycles. The zero-order valence-electron chi connectivity index (χ0n) is 5.82. The summed E-state index contributed by atoms with van der Waals surface area (Å²) in [5.41, 5.74) is 1.23. The van der Waals surface area contributed by atoms with Crippen LogP contribution in [-0.2, 0) is 7.05 Å². The molecule has 0 aliphatic carbocycles. The van der Waals surface area contributed by atoms with E-state index in [0.717, 1.165) is 0 Å². The average molecular weight is 169 g/mol. The smallest absolute Gasteiger partial charge is 0.203 e. The zero-order valence-corrected chi connectivity index (χ0v) is 6.58. The number of rotatable bonds is 0. The number of hydrogen-bond acceptors (Lipinski definition) is 3. The second-order valence-electron chi connectivity index (χ2n) is 2.15. The first-order valence-corrected chi connectivity index (χ1v) is 3.47. The van der Waals surface area contributed by atoms with Crippen LogP contribution in [0.15, 0.2) is 12.3 Å². The fourth-order valence-electron chi connectivity index (χ4n) is 0.890. The Labute approximate surface area is 67.8 Å². The first kappa shape index (κ1) is 6.54. The molecule has 0 atom stereocenters. The normalized spacial score (nSPS) is 10.7. The largest absolute Gasteiger partial charge is 0.234 e. The van der Waals surface area contributed by atoms with E-state index in [2.05, 4.69) is 15.2 Å². The third kappa shape index (κ3) is 0.952. The maximum Gasteiger partial charge on any atom is 0.203 e. The van der Waals surface area contributed by atoms with Gasteiger partial charge in [-0.05, 0) is 6.07 Å². The van der Waals surface area contributed by atoms with Crippen molar-refractivity contribution in [2.24, 2.45) is 7.05 Å². The lowest BCUT2D eigenvalue weighted by Gasteiger charge is -1.85. The van der Waals surface area contributed by atoms with Crippen molar-refractivity contribution in [3.63, 3.8) is 0 Å². The van der Waals surface area contributed by atoms with Gasteiger partial charge in [-0.1, -0.05) is 11.6 Å². The van der Waals surface area contributed by atoms with Gasteiger partial charge in [0.2, 0.25) is 5.65 Å². The van der Waals surface area contributed by atoms with Crippen LogP contribution in [0.4, 0.5) is 0 Å². The van der Waals surface area contributed by atoms with E-state index >= 15 is 0 Å². The summed E-state index contributed by atoms with van der Waals surface area (Å²) in [6, 6.07) is 1.69. The summed E-state index contributed by atoms with van der Waals surface area (Å²) in [6.07, 6.45) is 1.61. The van der Waals surface area contributed by atoms with Gasteiger partial charge in [0.05, 0.1) is 5.02 Å². The summed E-state index contributed by atoms with van der Waals surface area (Å²) < 4.78 is 0. The molecule has 0 spiro atoms. The van der Waals surface area contributed by atoms with Crippen LogP contribution in [0.5, 0.6) is 0 Å². The summed E-state index contributed by atoms with van der Waals surface area (Å²) >= 11 is 5.81. The third-order valence-electron chi connectivity index (χ3n) is 1.34. The maximum atomic E-state index is 5.81. The molecule has 4 nitrogen and oxygen atoms in total. The molecule has 0 amide bonds. The van der Waals surface area contributed by atoms with E-state index in [9.17, 15) is 0 Å². The van der Waals surface area contributed by atoms with E-state index in [4.69, 9.17) is 11.6 Å². The highest BCUT2D eigenvalue weighted by molar-refractivity contribution is 6.34. The molecule has 0 bridgehead atoms. The van der Waals surface area contributed by atoms with Gasteiger partial charge in [-0.2, -0.15) is 9.90 Å². The quantitative estimate of drug-likeness (QED) is 0.590. The van der Waals surface area contributed by atoms with Gasteiger partial charge in [0.25, 0.3) is 0 Å². The molecule has 2 aromatic rings. The Kier molecular flexibility index (Phi) is 1.29. The minimum Gasteiger partial charge on any atom is -0.234 e. The van der Waals surface area contributed by atoms with Crippen LogP contribution in [0, 0.1) is 0 Å². The molecule has 0 aliphatic heterocycles. The predicted octanol–water partition coefficient (Wildman–Crippen LogP) is 1.02. The van der Waals surface area contributed by atoms with Gasteiger partial charge >= 0.3 is 0 Å². The molecule has 0 saturated carbocycles. The molecular weight excluding hydrogens is 164 g/mol. The third-order valence-corrected chi connectivity index (χ3v) is 1.64. The number of nitrogens with zero attached hydrogens (tertiary/aromatic N) is 4. The van der Waals surface area contributed by atoms with Crippen LogP contribution in [0.2, 0.25) is 5.02 Å². The SMILES string of the molecule is Cn1nc2nccc(Cl)c2n1. The van der Waals surface area contributed by atoms with Gasteiger partial charge < -0.3 is 0 Å². The Hall–Kier alpha value is -1.16. The number of hydrogen-bond donors (Lipinski definition) is 0. The Morgan fingerprint density at radius 1 is 1.45 bits per heavy atom. The monoisotopic (exact) mass is 168 g/mol. The van der Waals surface area contributed by atoms with Crippen molar-refractivity contribution in [3.8, 4) is 0 Å². The molecule has 2 aromatic heterocycles. The van der Waals surface area contributed by atoms with Crippen molar-refractivity contribution < 1.29 is 0 Å². The van der Waals surface area contributed by atoms with E-state index in [1.54, 1.807) is 19.3 Å². The highest BCUT2D eigenvalue weighted by Gasteiger charge is 2.03. The lowest BCUT2D eigenvalue weighted by molar-refractivity contribution is 0.663. The van der Waals surface area contributed by atoms with Crippen molar-refractivity contribution in [2.75, 3.05) is 0 Å². The lowest BCUT2D eigenvalue weighted by atomic mass is 10.4. The van der Waals surface area contributed by atoms with Gasteiger partial charge in [0.15, 0.2) is 5.52 Å². The summed E-state index contributed by atoms with van der Waals surface area (Å²) in [5.74, 6) is 0. The molecule has 56 valence electrons. The molecule has 0 aliphatic rings. The Morgan fingerprint density at radius 3 is 3.00 bits per heavy atom. The molecule has 11 heavy (non-hydrogen) atoms. The fourth-order valence-corrected chi connectivity index (χ4v) is 1.07. The van der Waals surface area contributed by atoms with Crippen LogP contribution in [0.1, 0.15) is 0 Å². The molecule has 2 heterocycles. The molecule has 0 N–H and O–H groups in total. The van der Waals surface area contributed by atoms with Gasteiger partial charge in [-0.25, -0.2) is 4.98 Å². The van der Waals surface area contributed by atoms with E-state index in [1.807, 2.05) is 0 Å². The predicted molar refractivity (Wildman–Crippen MR) is 41.3 cm³/mol. The lowest BCUT2D eigenvalue weighted by Crippen LogP contribution is -1.90. The topological polar surface area (TPSA) is 43.6 Å². The summed E-state index contributed by atoms with van der Waals surface area (Å²) in [7, 11) is 1.73. The standard InChI is InChI=1S/C6H5ClN4/c1-11-9-5-4(7)2-3-8-6(5)10-11/h2-3H,1H3. The van der Waals surface area contributed by atoms with Crippen molar-refractivity contribution in [2.45, 2.75) is 0 Å². The summed E-state index contributed by atoms with van der Waals surface area (Å²) in [5, 5.41) is 8.59. The minimum atomic E-state index is 0.583. The van der Waals surface area contributed by atoms with Crippen LogP contribution < -0.4 is 0 Å². The molecule has 0 aromatic carbocycles. The second-order valence-corrected chi connectivity index (χ2v) is 2.56. The van der Waals surface area contributed by atoms with Crippen molar-refractivity contribution in [1.29, 1.82) is 0 Å². The maximum absolute atomic E-state index is 5.81. The first-order chi connectivity index (χ1) is 5.27. The zero-order chi connectivity index (χ0) is 7.84.